The van der Waals surface area contributed by atoms with Gasteiger partial charge >= 0.3 is 5.97 Å². The number of methoxy groups -OCH3 is 1. The van der Waals surface area contributed by atoms with Crippen LogP contribution < -0.4 is 10.1 Å². The zero-order chi connectivity index (χ0) is 19.8. The summed E-state index contributed by atoms with van der Waals surface area (Å²) in [6.45, 7) is 6.66. The number of benzene rings is 1. The third kappa shape index (κ3) is 3.86. The molecular weight excluding hydrogens is 362 g/mol. The minimum absolute atomic E-state index is 0.173. The van der Waals surface area contributed by atoms with Crippen LogP contribution in [0.5, 0.6) is 5.75 Å². The van der Waals surface area contributed by atoms with Gasteiger partial charge in [0, 0.05) is 4.88 Å². The van der Waals surface area contributed by atoms with Crippen molar-refractivity contribution in [1.29, 1.82) is 0 Å². The summed E-state index contributed by atoms with van der Waals surface area (Å²) in [4.78, 5) is 25.7. The third-order valence-electron chi connectivity index (χ3n) is 5.28. The molecule has 1 amide bonds. The van der Waals surface area contributed by atoms with Crippen LogP contribution in [-0.2, 0) is 12.8 Å². The SMILES string of the molecule is COc1ccccc1C(=O)Nc1sc2c(c1C(=O)O)CCC(C(C)(C)C)C2. The molecule has 0 spiro atoms. The molecule has 1 aromatic heterocycles. The molecule has 27 heavy (non-hydrogen) atoms. The Kier molecular flexibility index (Phi) is 5.29. The molecule has 0 aliphatic heterocycles. The number of aromatic carboxylic acids is 1. The monoisotopic (exact) mass is 387 g/mol. The standard InChI is InChI=1S/C21H25NO4S/c1-21(2,3)12-9-10-14-16(11-12)27-19(17(14)20(24)25)22-18(23)13-7-5-6-8-15(13)26-4/h5-8,12H,9-11H2,1-4H3,(H,22,23)(H,24,25). The average Bonchev–Trinajstić information content (AvgIpc) is 2.97. The first-order chi connectivity index (χ1) is 12.7. The highest BCUT2D eigenvalue weighted by Crippen LogP contribution is 2.44. The lowest BCUT2D eigenvalue weighted by atomic mass is 9.72. The number of thiophene rings is 1. The van der Waals surface area contributed by atoms with Gasteiger partial charge in [0.15, 0.2) is 0 Å². The summed E-state index contributed by atoms with van der Waals surface area (Å²) < 4.78 is 5.24. The summed E-state index contributed by atoms with van der Waals surface area (Å²) in [5.41, 5.74) is 1.68. The van der Waals surface area contributed by atoms with Crippen LogP contribution in [0.4, 0.5) is 5.00 Å². The topological polar surface area (TPSA) is 75.6 Å². The fourth-order valence-electron chi connectivity index (χ4n) is 3.64. The molecule has 0 radical (unpaired) electrons. The molecule has 5 nitrogen and oxygen atoms in total. The van der Waals surface area contributed by atoms with Gasteiger partial charge in [0.1, 0.15) is 10.8 Å². The molecule has 2 N–H and O–H groups in total. The Balaban J connectivity index is 1.94. The van der Waals surface area contributed by atoms with Crippen molar-refractivity contribution in [2.24, 2.45) is 11.3 Å². The van der Waals surface area contributed by atoms with Crippen molar-refractivity contribution in [2.45, 2.75) is 40.0 Å². The summed E-state index contributed by atoms with van der Waals surface area (Å²) in [7, 11) is 1.51. The van der Waals surface area contributed by atoms with Crippen LogP contribution in [0.15, 0.2) is 24.3 Å². The molecule has 0 fully saturated rings. The first kappa shape index (κ1) is 19.4. The number of carbonyl (C=O) groups excluding carboxylic acids is 1. The number of rotatable bonds is 4. The lowest BCUT2D eigenvalue weighted by Gasteiger charge is -2.33. The Labute approximate surface area is 163 Å². The molecule has 0 bridgehead atoms. The van der Waals surface area contributed by atoms with Gasteiger partial charge in [-0.1, -0.05) is 32.9 Å². The molecule has 1 aliphatic rings. The first-order valence-corrected chi connectivity index (χ1v) is 9.86. The molecular formula is C21H25NO4S. The summed E-state index contributed by atoms with van der Waals surface area (Å²) in [6, 6.07) is 6.91. The predicted molar refractivity (Wildman–Crippen MR) is 107 cm³/mol. The molecule has 2 aromatic rings. The van der Waals surface area contributed by atoms with E-state index in [1.807, 2.05) is 0 Å². The van der Waals surface area contributed by atoms with Gasteiger partial charge in [-0.05, 0) is 48.3 Å². The Morgan fingerprint density at radius 3 is 2.59 bits per heavy atom. The van der Waals surface area contributed by atoms with E-state index >= 15 is 0 Å². The van der Waals surface area contributed by atoms with Crippen molar-refractivity contribution in [3.05, 3.63) is 45.8 Å². The number of anilines is 1. The van der Waals surface area contributed by atoms with Crippen LogP contribution in [0.25, 0.3) is 0 Å². The van der Waals surface area contributed by atoms with Gasteiger partial charge in [-0.2, -0.15) is 0 Å². The fourth-order valence-corrected chi connectivity index (χ4v) is 4.96. The number of carboxylic acids is 1. The number of fused-ring (bicyclic) bond motifs is 1. The normalized spacial score (nSPS) is 16.5. The van der Waals surface area contributed by atoms with E-state index in [0.717, 1.165) is 29.7 Å². The van der Waals surface area contributed by atoms with E-state index in [1.54, 1.807) is 24.3 Å². The van der Waals surface area contributed by atoms with Crippen molar-refractivity contribution < 1.29 is 19.4 Å². The van der Waals surface area contributed by atoms with E-state index < -0.39 is 5.97 Å². The molecule has 1 aliphatic carbocycles. The number of carbonyl (C=O) groups is 2. The van der Waals surface area contributed by atoms with Crippen LogP contribution in [0, 0.1) is 11.3 Å². The number of nitrogens with one attached hydrogen (secondary N) is 1. The largest absolute Gasteiger partial charge is 0.496 e. The van der Waals surface area contributed by atoms with Crippen molar-refractivity contribution in [3.63, 3.8) is 0 Å². The van der Waals surface area contributed by atoms with Crippen LogP contribution in [0.3, 0.4) is 0 Å². The summed E-state index contributed by atoms with van der Waals surface area (Å²) in [6.07, 6.45) is 2.56. The van der Waals surface area contributed by atoms with E-state index in [2.05, 4.69) is 26.1 Å². The fraction of sp³-hybridized carbons (Fsp3) is 0.429. The van der Waals surface area contributed by atoms with Gasteiger partial charge in [-0.25, -0.2) is 4.79 Å². The minimum Gasteiger partial charge on any atom is -0.496 e. The number of hydrogen-bond donors (Lipinski definition) is 2. The second kappa shape index (κ2) is 7.35. The van der Waals surface area contributed by atoms with E-state index in [9.17, 15) is 14.7 Å². The number of ether oxygens (including phenoxy) is 1. The lowest BCUT2D eigenvalue weighted by molar-refractivity contribution is 0.0696. The van der Waals surface area contributed by atoms with Crippen LogP contribution in [0.2, 0.25) is 0 Å². The number of hydrogen-bond acceptors (Lipinski definition) is 4. The first-order valence-electron chi connectivity index (χ1n) is 9.04. The second-order valence-electron chi connectivity index (χ2n) is 7.97. The van der Waals surface area contributed by atoms with Gasteiger partial charge in [0.2, 0.25) is 0 Å². The Bertz CT molecular complexity index is 879. The highest BCUT2D eigenvalue weighted by Gasteiger charge is 2.34. The van der Waals surface area contributed by atoms with E-state index in [0.29, 0.717) is 22.2 Å². The smallest absolute Gasteiger partial charge is 0.339 e. The third-order valence-corrected chi connectivity index (χ3v) is 6.45. The van der Waals surface area contributed by atoms with E-state index in [4.69, 9.17) is 4.74 Å². The average molecular weight is 388 g/mol. The van der Waals surface area contributed by atoms with E-state index in [-0.39, 0.29) is 16.9 Å². The molecule has 3 rings (SSSR count). The molecule has 0 saturated carbocycles. The Morgan fingerprint density at radius 1 is 1.26 bits per heavy atom. The maximum Gasteiger partial charge on any atom is 0.339 e. The molecule has 144 valence electrons. The highest BCUT2D eigenvalue weighted by atomic mass is 32.1. The number of amides is 1. The number of carboxylic acid groups (broad SMARTS) is 1. The van der Waals surface area contributed by atoms with E-state index in [1.165, 1.54) is 18.4 Å². The Morgan fingerprint density at radius 2 is 1.96 bits per heavy atom. The maximum atomic E-state index is 12.7. The lowest BCUT2D eigenvalue weighted by Crippen LogP contribution is -2.26. The molecule has 1 aromatic carbocycles. The predicted octanol–water partition coefficient (Wildman–Crippen LogP) is 4.86. The van der Waals surface area contributed by atoms with Crippen molar-refractivity contribution >= 4 is 28.2 Å². The van der Waals surface area contributed by atoms with Gasteiger partial charge in [0.25, 0.3) is 5.91 Å². The van der Waals surface area contributed by atoms with Gasteiger partial charge in [-0.15, -0.1) is 11.3 Å². The van der Waals surface area contributed by atoms with Crippen LogP contribution in [0.1, 0.15) is 58.3 Å². The molecule has 1 atom stereocenters. The Hall–Kier alpha value is -2.34. The van der Waals surface area contributed by atoms with Crippen molar-refractivity contribution in [1.82, 2.24) is 0 Å². The second-order valence-corrected chi connectivity index (χ2v) is 9.08. The minimum atomic E-state index is -0.989. The molecule has 1 unspecified atom stereocenters. The highest BCUT2D eigenvalue weighted by molar-refractivity contribution is 7.17. The molecule has 1 heterocycles. The van der Waals surface area contributed by atoms with Crippen molar-refractivity contribution in [3.8, 4) is 5.75 Å². The number of para-hydroxylation sites is 1. The van der Waals surface area contributed by atoms with Gasteiger partial charge < -0.3 is 15.2 Å². The quantitative estimate of drug-likeness (QED) is 0.786. The van der Waals surface area contributed by atoms with Crippen molar-refractivity contribution in [2.75, 3.05) is 12.4 Å². The van der Waals surface area contributed by atoms with Crippen LogP contribution >= 0.6 is 11.3 Å². The zero-order valence-electron chi connectivity index (χ0n) is 16.1. The molecule has 6 heteroatoms. The van der Waals surface area contributed by atoms with Gasteiger partial charge in [-0.3, -0.25) is 4.79 Å². The summed E-state index contributed by atoms with van der Waals surface area (Å²) >= 11 is 1.39. The zero-order valence-corrected chi connectivity index (χ0v) is 16.9. The molecule has 0 saturated heterocycles. The van der Waals surface area contributed by atoms with Gasteiger partial charge in [0.05, 0.1) is 18.2 Å². The maximum absolute atomic E-state index is 12.7. The summed E-state index contributed by atoms with van der Waals surface area (Å²) in [5.74, 6) is -0.387. The summed E-state index contributed by atoms with van der Waals surface area (Å²) in [5, 5.41) is 13.0. The van der Waals surface area contributed by atoms with Crippen LogP contribution in [-0.4, -0.2) is 24.1 Å².